The van der Waals surface area contributed by atoms with Gasteiger partial charge in [0.25, 0.3) is 5.91 Å². The van der Waals surface area contributed by atoms with Gasteiger partial charge in [-0.05, 0) is 52.0 Å². The number of aliphatic hydroxyl groups is 1. The fourth-order valence-electron chi connectivity index (χ4n) is 1.42. The zero-order valence-corrected chi connectivity index (χ0v) is 12.6. The molecule has 0 saturated heterocycles. The molecule has 0 aliphatic rings. The normalized spacial score (nSPS) is 12.2. The highest BCUT2D eigenvalue weighted by Crippen LogP contribution is 2.21. The Morgan fingerprint density at radius 3 is 1.95 bits per heavy atom. The van der Waals surface area contributed by atoms with E-state index in [4.69, 9.17) is 0 Å². The number of carbonyl (C=O) groups excluding carboxylic acids is 1. The first-order valence-electron chi connectivity index (χ1n) is 6.37. The van der Waals surface area contributed by atoms with Crippen LogP contribution in [0.15, 0.2) is 24.3 Å². The minimum atomic E-state index is -0.994. The van der Waals surface area contributed by atoms with Crippen LogP contribution in [-0.2, 0) is 0 Å². The van der Waals surface area contributed by atoms with E-state index in [-0.39, 0.29) is 5.91 Å². The molecule has 4 heteroatoms. The van der Waals surface area contributed by atoms with Crippen molar-refractivity contribution in [2.24, 2.45) is 0 Å². The van der Waals surface area contributed by atoms with Crippen molar-refractivity contribution in [2.75, 3.05) is 19.0 Å². The number of rotatable bonds is 4. The number of carbonyl (C=O) groups is 1. The van der Waals surface area contributed by atoms with Crippen LogP contribution < -0.4 is 10.2 Å². The predicted molar refractivity (Wildman–Crippen MR) is 78.6 cm³/mol. The fraction of sp³-hybridized carbons (Fsp3) is 0.533. The summed E-state index contributed by atoms with van der Waals surface area (Å²) in [7, 11) is 3.90. The average Bonchev–Trinajstić information content (AvgIpc) is 2.27. The third-order valence-electron chi connectivity index (χ3n) is 3.60. The van der Waals surface area contributed by atoms with Crippen molar-refractivity contribution in [3.05, 3.63) is 29.8 Å². The Labute approximate surface area is 115 Å². The Kier molecular flexibility index (Phi) is 4.25. The molecule has 0 spiro atoms. The van der Waals surface area contributed by atoms with Gasteiger partial charge in [0.15, 0.2) is 0 Å². The Bertz CT molecular complexity index is 442. The van der Waals surface area contributed by atoms with Crippen LogP contribution in [0.2, 0.25) is 0 Å². The van der Waals surface area contributed by atoms with Crippen molar-refractivity contribution in [1.29, 1.82) is 0 Å². The van der Waals surface area contributed by atoms with Crippen molar-refractivity contribution in [1.82, 2.24) is 5.32 Å². The topological polar surface area (TPSA) is 52.6 Å². The molecule has 0 atom stereocenters. The zero-order valence-electron chi connectivity index (χ0n) is 12.6. The van der Waals surface area contributed by atoms with Crippen LogP contribution in [0.3, 0.4) is 0 Å². The summed E-state index contributed by atoms with van der Waals surface area (Å²) in [6, 6.07) is 7.36. The summed E-state index contributed by atoms with van der Waals surface area (Å²) in [4.78, 5) is 14.1. The standard InChI is InChI=1S/C15H24N2O2/c1-14(2,15(3,4)19)16-13(18)11-7-9-12(10-8-11)17(5)6/h7-10,19H,1-6H3,(H,16,18). The number of hydrogen-bond acceptors (Lipinski definition) is 3. The molecule has 0 fully saturated rings. The van der Waals surface area contributed by atoms with Crippen molar-refractivity contribution in [3.8, 4) is 0 Å². The molecule has 1 rings (SSSR count). The van der Waals surface area contributed by atoms with Crippen LogP contribution in [0.4, 0.5) is 5.69 Å². The molecule has 0 bridgehead atoms. The molecule has 1 aromatic carbocycles. The van der Waals surface area contributed by atoms with E-state index in [2.05, 4.69) is 5.32 Å². The highest BCUT2D eigenvalue weighted by atomic mass is 16.3. The summed E-state index contributed by atoms with van der Waals surface area (Å²) in [5, 5.41) is 12.9. The molecular formula is C15H24N2O2. The van der Waals surface area contributed by atoms with Gasteiger partial charge in [-0.1, -0.05) is 0 Å². The van der Waals surface area contributed by atoms with E-state index in [0.29, 0.717) is 5.56 Å². The van der Waals surface area contributed by atoms with Crippen molar-refractivity contribution in [2.45, 2.75) is 38.8 Å². The lowest BCUT2D eigenvalue weighted by Gasteiger charge is -2.38. The summed E-state index contributed by atoms with van der Waals surface area (Å²) in [6.07, 6.45) is 0. The number of benzene rings is 1. The van der Waals surface area contributed by atoms with Crippen molar-refractivity contribution in [3.63, 3.8) is 0 Å². The Morgan fingerprint density at radius 2 is 1.58 bits per heavy atom. The van der Waals surface area contributed by atoms with Gasteiger partial charge in [0.2, 0.25) is 0 Å². The molecule has 1 amide bonds. The van der Waals surface area contributed by atoms with Gasteiger partial charge in [0.1, 0.15) is 0 Å². The third-order valence-corrected chi connectivity index (χ3v) is 3.60. The summed E-state index contributed by atoms with van der Waals surface area (Å²) in [5.41, 5.74) is -0.0717. The summed E-state index contributed by atoms with van der Waals surface area (Å²) in [6.45, 7) is 6.98. The quantitative estimate of drug-likeness (QED) is 0.875. The summed E-state index contributed by atoms with van der Waals surface area (Å²) in [5.74, 6) is -0.183. The monoisotopic (exact) mass is 264 g/mol. The molecule has 0 heterocycles. The molecule has 19 heavy (non-hydrogen) atoms. The van der Waals surface area contributed by atoms with Crippen LogP contribution in [-0.4, -0.2) is 36.2 Å². The maximum atomic E-state index is 12.2. The van der Waals surface area contributed by atoms with Crippen LogP contribution >= 0.6 is 0 Å². The maximum absolute atomic E-state index is 12.2. The van der Waals surface area contributed by atoms with E-state index in [1.54, 1.807) is 39.8 Å². The van der Waals surface area contributed by atoms with Gasteiger partial charge < -0.3 is 15.3 Å². The summed E-state index contributed by atoms with van der Waals surface area (Å²) >= 11 is 0. The van der Waals surface area contributed by atoms with Gasteiger partial charge in [0, 0.05) is 25.3 Å². The lowest BCUT2D eigenvalue weighted by molar-refractivity contribution is -0.00292. The number of nitrogens with zero attached hydrogens (tertiary/aromatic N) is 1. The zero-order chi connectivity index (χ0) is 14.8. The molecular weight excluding hydrogens is 240 g/mol. The highest BCUT2D eigenvalue weighted by Gasteiger charge is 2.36. The number of hydrogen-bond donors (Lipinski definition) is 2. The van der Waals surface area contributed by atoms with Crippen LogP contribution in [0.5, 0.6) is 0 Å². The lowest BCUT2D eigenvalue weighted by Crippen LogP contribution is -2.57. The lowest BCUT2D eigenvalue weighted by atomic mass is 9.86. The molecule has 2 N–H and O–H groups in total. The fourth-order valence-corrected chi connectivity index (χ4v) is 1.42. The van der Waals surface area contributed by atoms with Crippen LogP contribution in [0, 0.1) is 0 Å². The first-order valence-corrected chi connectivity index (χ1v) is 6.37. The number of anilines is 1. The smallest absolute Gasteiger partial charge is 0.251 e. The molecule has 4 nitrogen and oxygen atoms in total. The Morgan fingerprint density at radius 1 is 1.11 bits per heavy atom. The van der Waals surface area contributed by atoms with Crippen molar-refractivity contribution >= 4 is 11.6 Å². The molecule has 0 radical (unpaired) electrons. The molecule has 0 unspecified atom stereocenters. The van der Waals surface area contributed by atoms with Crippen LogP contribution in [0.25, 0.3) is 0 Å². The first-order chi connectivity index (χ1) is 8.54. The molecule has 106 valence electrons. The van der Waals surface area contributed by atoms with Crippen LogP contribution in [0.1, 0.15) is 38.1 Å². The minimum absolute atomic E-state index is 0.183. The predicted octanol–water partition coefficient (Wildman–Crippen LogP) is 2.03. The number of amides is 1. The Hall–Kier alpha value is -1.55. The second kappa shape index (κ2) is 5.21. The van der Waals surface area contributed by atoms with Gasteiger partial charge in [-0.15, -0.1) is 0 Å². The van der Waals surface area contributed by atoms with Gasteiger partial charge in [0.05, 0.1) is 11.1 Å². The number of nitrogens with one attached hydrogen (secondary N) is 1. The molecule has 0 aliphatic heterocycles. The molecule has 0 aromatic heterocycles. The Balaban J connectivity index is 2.85. The SMILES string of the molecule is CN(C)c1ccc(C(=O)NC(C)(C)C(C)(C)O)cc1. The van der Waals surface area contributed by atoms with Gasteiger partial charge in [-0.3, -0.25) is 4.79 Å². The largest absolute Gasteiger partial charge is 0.388 e. The van der Waals surface area contributed by atoms with Gasteiger partial charge in [-0.2, -0.15) is 0 Å². The van der Waals surface area contributed by atoms with E-state index in [1.807, 2.05) is 31.1 Å². The van der Waals surface area contributed by atoms with E-state index < -0.39 is 11.1 Å². The molecule has 0 saturated carbocycles. The third kappa shape index (κ3) is 3.70. The van der Waals surface area contributed by atoms with Gasteiger partial charge >= 0.3 is 0 Å². The first kappa shape index (κ1) is 15.5. The van der Waals surface area contributed by atoms with E-state index >= 15 is 0 Å². The van der Waals surface area contributed by atoms with E-state index in [9.17, 15) is 9.90 Å². The molecule has 0 aliphatic carbocycles. The van der Waals surface area contributed by atoms with Crippen molar-refractivity contribution < 1.29 is 9.90 Å². The van der Waals surface area contributed by atoms with E-state index in [1.165, 1.54) is 0 Å². The highest BCUT2D eigenvalue weighted by molar-refractivity contribution is 5.95. The van der Waals surface area contributed by atoms with E-state index in [0.717, 1.165) is 5.69 Å². The second-order valence-electron chi connectivity index (χ2n) is 6.08. The summed E-state index contributed by atoms with van der Waals surface area (Å²) < 4.78 is 0. The minimum Gasteiger partial charge on any atom is -0.388 e. The van der Waals surface area contributed by atoms with Gasteiger partial charge in [-0.25, -0.2) is 0 Å². The average molecular weight is 264 g/mol. The molecule has 1 aromatic rings. The second-order valence-corrected chi connectivity index (χ2v) is 6.08. The maximum Gasteiger partial charge on any atom is 0.251 e.